The summed E-state index contributed by atoms with van der Waals surface area (Å²) >= 11 is 0. The van der Waals surface area contributed by atoms with Crippen molar-refractivity contribution in [3.05, 3.63) is 68.8 Å². The Hall–Kier alpha value is -4.66. The number of carbonyl (C=O) groups excluding carboxylic acids is 4. The molecule has 0 N–H and O–H groups in total. The van der Waals surface area contributed by atoms with Gasteiger partial charge in [-0.15, -0.1) is 18.7 Å². The van der Waals surface area contributed by atoms with Gasteiger partial charge in [-0.05, 0) is 37.1 Å². The summed E-state index contributed by atoms with van der Waals surface area (Å²) in [6.45, 7) is 0. The number of nitro groups is 2. The van der Waals surface area contributed by atoms with Crippen molar-refractivity contribution in [2.75, 3.05) is 0 Å². The molecule has 5 rings (SSSR count). The van der Waals surface area contributed by atoms with Crippen LogP contribution in [0.4, 0.5) is 11.4 Å². The molecule has 0 spiro atoms. The first-order valence-corrected chi connectivity index (χ1v) is 14.6. The van der Waals surface area contributed by atoms with E-state index >= 15 is 0 Å². The van der Waals surface area contributed by atoms with Crippen molar-refractivity contribution in [3.63, 3.8) is 0 Å². The van der Waals surface area contributed by atoms with Crippen LogP contribution in [0, 0.1) is 43.9 Å². The molecule has 2 heterocycles. The van der Waals surface area contributed by atoms with E-state index in [0.29, 0.717) is 0 Å². The van der Waals surface area contributed by atoms with Crippen LogP contribution >= 0.6 is 0 Å². The van der Waals surface area contributed by atoms with Gasteiger partial charge in [0.1, 0.15) is 0 Å². The van der Waals surface area contributed by atoms with E-state index in [4.69, 9.17) is 8.57 Å². The summed E-state index contributed by atoms with van der Waals surface area (Å²) in [5.74, 6) is -9.61. The summed E-state index contributed by atoms with van der Waals surface area (Å²) < 4.78 is 60.1. The van der Waals surface area contributed by atoms with Crippen molar-refractivity contribution in [2.45, 2.75) is 22.6 Å². The fraction of sp³-hybridized carbons (Fsp3) is 0.273. The predicted octanol–water partition coefficient (Wildman–Crippen LogP) is 0.440. The van der Waals surface area contributed by atoms with Crippen LogP contribution in [0.25, 0.3) is 0 Å². The lowest BCUT2D eigenvalue weighted by molar-refractivity contribution is -0.385. The maximum absolute atomic E-state index is 13.0. The standard InChI is InChI=1S/C22H16N4O14S2/c27-19-15-9-17-18(22(30)24(21(17)29)40-42(37,38)14-7-3-12(4-8-14)26(33)34)10-16(15)20(28)23(19)39-41(35,36)13-5-1-11(2-6-13)25(31)32/h1-8,15-18H,9-10H2. The maximum Gasteiger partial charge on any atom is 0.318 e. The minimum absolute atomic E-state index is 0.00932. The summed E-state index contributed by atoms with van der Waals surface area (Å²) in [5, 5.41) is 21.6. The average molecular weight is 625 g/mol. The Labute approximate surface area is 234 Å². The molecule has 2 aromatic carbocycles. The third-order valence-electron chi connectivity index (χ3n) is 7.07. The van der Waals surface area contributed by atoms with Gasteiger partial charge in [-0.2, -0.15) is 16.8 Å². The highest BCUT2D eigenvalue weighted by Gasteiger charge is 2.61. The quantitative estimate of drug-likeness (QED) is 0.220. The number of fused-ring (bicyclic) bond motifs is 2. The molecule has 0 bridgehead atoms. The van der Waals surface area contributed by atoms with Gasteiger partial charge >= 0.3 is 20.2 Å². The van der Waals surface area contributed by atoms with Crippen LogP contribution < -0.4 is 0 Å². The molecule has 18 nitrogen and oxygen atoms in total. The molecule has 4 atom stereocenters. The first kappa shape index (κ1) is 28.9. The molecule has 220 valence electrons. The number of imide groups is 2. The number of benzene rings is 2. The first-order valence-electron chi connectivity index (χ1n) is 11.8. The van der Waals surface area contributed by atoms with Gasteiger partial charge in [-0.3, -0.25) is 39.4 Å². The SMILES string of the molecule is O=C1C2CC3C(=O)N(OS(=O)(=O)c4ccc([N+](=O)[O-])cc4)C(=O)C3CC2C(=O)N1OS(=O)(=O)c1ccc([N+](=O)[O-])cc1. The van der Waals surface area contributed by atoms with E-state index in [2.05, 4.69) is 0 Å². The number of nitrogens with zero attached hydrogens (tertiary/aromatic N) is 4. The van der Waals surface area contributed by atoms with Gasteiger partial charge in [-0.25, -0.2) is 0 Å². The van der Waals surface area contributed by atoms with Crippen LogP contribution in [0.3, 0.4) is 0 Å². The first-order chi connectivity index (χ1) is 19.6. The van der Waals surface area contributed by atoms with E-state index < -0.39 is 111 Å². The molecule has 0 aromatic heterocycles. The molecule has 3 fully saturated rings. The number of hydrogen-bond acceptors (Lipinski definition) is 14. The number of hydroxylamine groups is 4. The molecule has 1 saturated carbocycles. The Bertz CT molecular complexity index is 1600. The molecule has 20 heteroatoms. The van der Waals surface area contributed by atoms with Crippen molar-refractivity contribution in [3.8, 4) is 0 Å². The smallest absolute Gasteiger partial charge is 0.272 e. The number of amides is 4. The Morgan fingerprint density at radius 3 is 1.07 bits per heavy atom. The zero-order valence-corrected chi connectivity index (χ0v) is 22.3. The third-order valence-corrected chi connectivity index (χ3v) is 9.46. The molecule has 2 aromatic rings. The highest BCUT2D eigenvalue weighted by molar-refractivity contribution is 7.87. The van der Waals surface area contributed by atoms with Crippen LogP contribution in [0.1, 0.15) is 12.8 Å². The Balaban J connectivity index is 1.31. The van der Waals surface area contributed by atoms with Gasteiger partial charge in [0, 0.05) is 24.3 Å². The third kappa shape index (κ3) is 4.78. The molecular formula is C22H16N4O14S2. The highest BCUT2D eigenvalue weighted by atomic mass is 32.2. The van der Waals surface area contributed by atoms with E-state index in [1.54, 1.807) is 0 Å². The van der Waals surface area contributed by atoms with Gasteiger partial charge in [0.2, 0.25) is 0 Å². The molecule has 3 aliphatic rings. The molecule has 2 aliphatic heterocycles. The second-order valence-corrected chi connectivity index (χ2v) is 12.5. The maximum atomic E-state index is 13.0. The molecule has 2 saturated heterocycles. The van der Waals surface area contributed by atoms with Crippen LogP contribution in [-0.4, -0.2) is 60.4 Å². The summed E-state index contributed by atoms with van der Waals surface area (Å²) in [7, 11) is -9.61. The van der Waals surface area contributed by atoms with Gasteiger partial charge < -0.3 is 0 Å². The molecule has 4 unspecified atom stereocenters. The van der Waals surface area contributed by atoms with Crippen molar-refractivity contribution in [2.24, 2.45) is 23.7 Å². The Kier molecular flexibility index (Phi) is 6.88. The van der Waals surface area contributed by atoms with Crippen LogP contribution in [0.5, 0.6) is 0 Å². The van der Waals surface area contributed by atoms with Gasteiger partial charge in [0.05, 0.1) is 43.3 Å². The summed E-state index contributed by atoms with van der Waals surface area (Å²) in [4.78, 5) is 70.8. The molecule has 42 heavy (non-hydrogen) atoms. The van der Waals surface area contributed by atoms with Crippen molar-refractivity contribution >= 4 is 55.2 Å². The lowest BCUT2D eigenvalue weighted by Gasteiger charge is -2.27. The number of non-ortho nitro benzene ring substituents is 2. The number of rotatable bonds is 8. The number of hydrogen-bond donors (Lipinski definition) is 0. The lowest BCUT2D eigenvalue weighted by atomic mass is 9.70. The predicted molar refractivity (Wildman–Crippen MR) is 130 cm³/mol. The van der Waals surface area contributed by atoms with Crippen LogP contribution in [0.15, 0.2) is 58.3 Å². The molecule has 1 aliphatic carbocycles. The fourth-order valence-corrected chi connectivity index (χ4v) is 6.81. The monoisotopic (exact) mass is 624 g/mol. The molecular weight excluding hydrogens is 608 g/mol. The number of carbonyl (C=O) groups is 4. The van der Waals surface area contributed by atoms with Crippen molar-refractivity contribution in [1.29, 1.82) is 0 Å². The van der Waals surface area contributed by atoms with Crippen LogP contribution in [0.2, 0.25) is 0 Å². The average Bonchev–Trinajstić information content (AvgIpc) is 3.31. The second kappa shape index (κ2) is 10.0. The lowest BCUT2D eigenvalue weighted by Crippen LogP contribution is -2.35. The van der Waals surface area contributed by atoms with Gasteiger partial charge in [-0.1, -0.05) is 0 Å². The van der Waals surface area contributed by atoms with Crippen LogP contribution in [-0.2, 0) is 48.0 Å². The van der Waals surface area contributed by atoms with E-state index in [0.717, 1.165) is 48.5 Å². The fourth-order valence-electron chi connectivity index (χ4n) is 5.01. The van der Waals surface area contributed by atoms with Crippen molar-refractivity contribution in [1.82, 2.24) is 10.1 Å². The largest absolute Gasteiger partial charge is 0.318 e. The van der Waals surface area contributed by atoms with Crippen molar-refractivity contribution < 1.29 is 54.4 Å². The zero-order valence-electron chi connectivity index (χ0n) is 20.7. The molecule has 4 amide bonds. The van der Waals surface area contributed by atoms with Gasteiger partial charge in [0.25, 0.3) is 35.0 Å². The highest BCUT2D eigenvalue weighted by Crippen LogP contribution is 2.48. The van der Waals surface area contributed by atoms with E-state index in [9.17, 15) is 56.2 Å². The Morgan fingerprint density at radius 1 is 0.571 bits per heavy atom. The topological polar surface area (TPSA) is 248 Å². The second-order valence-electron chi connectivity index (χ2n) is 9.40. The summed E-state index contributed by atoms with van der Waals surface area (Å²) in [6.07, 6.45) is -0.862. The number of nitro benzene ring substituents is 2. The normalized spacial score (nSPS) is 24.1. The minimum Gasteiger partial charge on any atom is -0.272 e. The Morgan fingerprint density at radius 2 is 0.833 bits per heavy atom. The molecule has 0 radical (unpaired) electrons. The van der Waals surface area contributed by atoms with Gasteiger partial charge in [0.15, 0.2) is 0 Å². The zero-order chi connectivity index (χ0) is 30.7. The van der Waals surface area contributed by atoms with E-state index in [1.165, 1.54) is 0 Å². The minimum atomic E-state index is -4.80. The summed E-state index contributed by atoms with van der Waals surface area (Å²) in [5.41, 5.74) is -0.847. The van der Waals surface area contributed by atoms with E-state index in [-0.39, 0.29) is 10.1 Å². The van der Waals surface area contributed by atoms with E-state index in [1.807, 2.05) is 0 Å². The summed E-state index contributed by atoms with van der Waals surface area (Å²) in [6, 6.07) is 6.85.